The molecule has 42 heavy (non-hydrogen) atoms. The maximum absolute atomic E-state index is 12.3. The number of halogens is 1. The third kappa shape index (κ3) is 7.11. The van der Waals surface area contributed by atoms with Crippen LogP contribution in [-0.4, -0.2) is 61.5 Å². The highest BCUT2D eigenvalue weighted by molar-refractivity contribution is 6.33. The summed E-state index contributed by atoms with van der Waals surface area (Å²) in [6.45, 7) is 8.64. The smallest absolute Gasteiger partial charge is 0.303 e. The monoisotopic (exact) mass is 600 g/mol. The summed E-state index contributed by atoms with van der Waals surface area (Å²) in [5, 5.41) is 0.449. The number of hydrogen-bond donors (Lipinski definition) is 0. The van der Waals surface area contributed by atoms with Gasteiger partial charge in [-0.2, -0.15) is 0 Å². The van der Waals surface area contributed by atoms with Crippen molar-refractivity contribution in [1.82, 2.24) is 0 Å². The van der Waals surface area contributed by atoms with Crippen molar-refractivity contribution < 1.29 is 47.6 Å². The number of hydrogen-bond acceptors (Lipinski definition) is 10. The predicted octanol–water partition coefficient (Wildman–Crippen LogP) is 4.31. The Morgan fingerprint density at radius 2 is 1.55 bits per heavy atom. The minimum Gasteiger partial charge on any atom is -0.491 e. The summed E-state index contributed by atoms with van der Waals surface area (Å²) in [6.07, 6.45) is -3.15. The molecule has 0 radical (unpaired) electrons. The minimum atomic E-state index is -1.28. The van der Waals surface area contributed by atoms with E-state index in [9.17, 15) is 19.2 Å². The van der Waals surface area contributed by atoms with Gasteiger partial charge < -0.3 is 28.4 Å². The van der Waals surface area contributed by atoms with E-state index in [1.807, 2.05) is 30.3 Å². The van der Waals surface area contributed by atoms with E-state index in [0.717, 1.165) is 22.3 Å². The first kappa shape index (κ1) is 31.1. The van der Waals surface area contributed by atoms with E-state index < -0.39 is 54.4 Å². The second kappa shape index (κ2) is 13.4. The Labute approximate surface area is 248 Å². The van der Waals surface area contributed by atoms with Crippen LogP contribution in [0.2, 0.25) is 5.02 Å². The number of carbonyl (C=O) groups excluding carboxylic acids is 4. The van der Waals surface area contributed by atoms with Gasteiger partial charge in [-0.05, 0) is 28.7 Å². The van der Waals surface area contributed by atoms with Crippen LogP contribution >= 0.6 is 11.6 Å². The van der Waals surface area contributed by atoms with Gasteiger partial charge in [-0.25, -0.2) is 0 Å². The van der Waals surface area contributed by atoms with Gasteiger partial charge in [-0.15, -0.1) is 0 Å². The van der Waals surface area contributed by atoms with E-state index in [0.29, 0.717) is 35.8 Å². The molecule has 2 aliphatic rings. The zero-order valence-corrected chi connectivity index (χ0v) is 24.6. The molecule has 2 aromatic rings. The molecule has 1 fully saturated rings. The fraction of sp³-hybridized carbons (Fsp3) is 0.419. The van der Waals surface area contributed by atoms with Crippen molar-refractivity contribution >= 4 is 41.6 Å². The molecule has 0 amide bonds. The van der Waals surface area contributed by atoms with E-state index >= 15 is 0 Å². The highest BCUT2D eigenvalue weighted by Gasteiger charge is 2.53. The zero-order valence-electron chi connectivity index (χ0n) is 23.8. The summed E-state index contributed by atoms with van der Waals surface area (Å²) < 4.78 is 34.4. The Kier molecular flexibility index (Phi) is 9.90. The Hall–Kier alpha value is -3.89. The van der Waals surface area contributed by atoms with Crippen LogP contribution < -0.4 is 4.74 Å². The van der Waals surface area contributed by atoms with Gasteiger partial charge in [0.05, 0.1) is 11.6 Å². The van der Waals surface area contributed by atoms with Gasteiger partial charge in [0.2, 0.25) is 0 Å². The molecule has 0 aliphatic carbocycles. The first-order valence-electron chi connectivity index (χ1n) is 13.5. The Balaban J connectivity index is 1.84. The van der Waals surface area contributed by atoms with Crippen LogP contribution in [0.1, 0.15) is 61.6 Å². The molecule has 2 aliphatic heterocycles. The molecule has 0 saturated carbocycles. The van der Waals surface area contributed by atoms with Crippen LogP contribution in [0, 0.1) is 0 Å². The SMILES string of the molecule is C=Cc1ccc(Cc2cc([C@@H]3O[C@H](COC(C)=O)[C@@H](OC(C)=O)[C@H](OC(C)=O)[C@H]3OC(C)=O)c3c(c2Cl)OCC3)cc1. The average Bonchev–Trinajstić information content (AvgIpc) is 3.42. The van der Waals surface area contributed by atoms with Crippen molar-refractivity contribution in [1.29, 1.82) is 0 Å². The fourth-order valence-corrected chi connectivity index (χ4v) is 5.55. The maximum atomic E-state index is 12.3. The maximum Gasteiger partial charge on any atom is 0.303 e. The molecule has 11 heteroatoms. The van der Waals surface area contributed by atoms with Crippen molar-refractivity contribution in [2.24, 2.45) is 0 Å². The van der Waals surface area contributed by atoms with Gasteiger partial charge in [0.1, 0.15) is 24.6 Å². The molecular formula is C31H33ClO10. The molecule has 0 bridgehead atoms. The van der Waals surface area contributed by atoms with Gasteiger partial charge >= 0.3 is 23.9 Å². The second-order valence-electron chi connectivity index (χ2n) is 10.1. The molecule has 0 spiro atoms. The van der Waals surface area contributed by atoms with Crippen LogP contribution in [0.15, 0.2) is 36.9 Å². The molecule has 224 valence electrons. The largest absolute Gasteiger partial charge is 0.491 e. The predicted molar refractivity (Wildman–Crippen MR) is 151 cm³/mol. The van der Waals surface area contributed by atoms with Crippen molar-refractivity contribution in [3.8, 4) is 5.75 Å². The third-order valence-corrected chi connectivity index (χ3v) is 7.35. The average molecular weight is 601 g/mol. The lowest BCUT2D eigenvalue weighted by Gasteiger charge is -2.45. The number of benzene rings is 2. The first-order valence-corrected chi connectivity index (χ1v) is 13.8. The van der Waals surface area contributed by atoms with Gasteiger partial charge in [0.15, 0.2) is 18.3 Å². The Bertz CT molecular complexity index is 1370. The van der Waals surface area contributed by atoms with E-state index in [1.54, 1.807) is 6.08 Å². The molecule has 10 nitrogen and oxygen atoms in total. The van der Waals surface area contributed by atoms with Crippen molar-refractivity contribution in [2.75, 3.05) is 13.2 Å². The molecule has 2 heterocycles. The molecule has 5 atom stereocenters. The molecule has 1 saturated heterocycles. The van der Waals surface area contributed by atoms with Gasteiger partial charge in [0.25, 0.3) is 0 Å². The van der Waals surface area contributed by atoms with Gasteiger partial charge in [0, 0.05) is 39.7 Å². The molecule has 0 unspecified atom stereocenters. The van der Waals surface area contributed by atoms with Crippen LogP contribution in [-0.2, 0) is 55.7 Å². The molecule has 0 aromatic heterocycles. The third-order valence-electron chi connectivity index (χ3n) is 6.94. The highest BCUT2D eigenvalue weighted by Crippen LogP contribution is 2.46. The summed E-state index contributed by atoms with van der Waals surface area (Å²) in [5.74, 6) is -2.17. The van der Waals surface area contributed by atoms with Crippen molar-refractivity contribution in [3.63, 3.8) is 0 Å². The van der Waals surface area contributed by atoms with Crippen molar-refractivity contribution in [3.05, 3.63) is 69.8 Å². The van der Waals surface area contributed by atoms with E-state index in [-0.39, 0.29) is 6.61 Å². The normalized spacial score (nSPS) is 22.7. The molecule has 0 N–H and O–H groups in total. The highest BCUT2D eigenvalue weighted by atomic mass is 35.5. The van der Waals surface area contributed by atoms with Crippen molar-refractivity contribution in [2.45, 2.75) is 71.1 Å². The summed E-state index contributed by atoms with van der Waals surface area (Å²) >= 11 is 6.83. The lowest BCUT2D eigenvalue weighted by atomic mass is 9.86. The second-order valence-corrected chi connectivity index (χ2v) is 10.5. The summed E-state index contributed by atoms with van der Waals surface area (Å²) in [7, 11) is 0. The Morgan fingerprint density at radius 3 is 2.14 bits per heavy atom. The fourth-order valence-electron chi connectivity index (χ4n) is 5.26. The van der Waals surface area contributed by atoms with Gasteiger partial charge in [-0.1, -0.05) is 54.6 Å². The topological polar surface area (TPSA) is 124 Å². The molecule has 4 rings (SSSR count). The number of carbonyl (C=O) groups is 4. The van der Waals surface area contributed by atoms with Gasteiger partial charge in [-0.3, -0.25) is 19.2 Å². The Morgan fingerprint density at radius 1 is 0.929 bits per heavy atom. The van der Waals surface area contributed by atoms with E-state index in [2.05, 4.69) is 6.58 Å². The molecule has 2 aromatic carbocycles. The number of esters is 4. The van der Waals surface area contributed by atoms with Crippen LogP contribution in [0.5, 0.6) is 5.75 Å². The summed E-state index contributed by atoms with van der Waals surface area (Å²) in [5.41, 5.74) is 4.02. The standard InChI is InChI=1S/C31H33ClO10/c1-6-20-7-9-21(10-8-20)13-22-14-24(23-11-12-37-27(23)26(22)32)28-30(40-18(4)35)31(41-19(5)36)29(39-17(3)34)25(42-28)15-38-16(2)33/h6-10,14,25,28-31H,1,11-13,15H2,2-5H3/t25-,28+,29-,30+,31+/m1/s1. The lowest BCUT2D eigenvalue weighted by molar-refractivity contribution is -0.254. The molecular weight excluding hydrogens is 568 g/mol. The first-order chi connectivity index (χ1) is 20.0. The number of ether oxygens (including phenoxy) is 6. The van der Waals surface area contributed by atoms with Crippen LogP contribution in [0.25, 0.3) is 6.08 Å². The van der Waals surface area contributed by atoms with Crippen LogP contribution in [0.4, 0.5) is 0 Å². The number of fused-ring (bicyclic) bond motifs is 1. The lowest BCUT2D eigenvalue weighted by Crippen LogP contribution is -2.59. The summed E-state index contributed by atoms with van der Waals surface area (Å²) in [6, 6.07) is 9.68. The zero-order chi connectivity index (χ0) is 30.6. The van der Waals surface area contributed by atoms with Crippen LogP contribution in [0.3, 0.4) is 0 Å². The number of rotatable bonds is 9. The quantitative estimate of drug-likeness (QED) is 0.304. The summed E-state index contributed by atoms with van der Waals surface area (Å²) in [4.78, 5) is 48.4. The minimum absolute atomic E-state index is 0.316. The van der Waals surface area contributed by atoms with E-state index in [1.165, 1.54) is 27.7 Å². The van der Waals surface area contributed by atoms with E-state index in [4.69, 9.17) is 40.0 Å².